The lowest BCUT2D eigenvalue weighted by Crippen LogP contribution is -2.30. The minimum Gasteiger partial charge on any atom is -0.491 e. The molecular weight excluding hydrogens is 384 g/mol. The zero-order chi connectivity index (χ0) is 21.0. The van der Waals surface area contributed by atoms with E-state index < -0.39 is 0 Å². The molecule has 0 fully saturated rings. The number of ketones is 1. The van der Waals surface area contributed by atoms with E-state index in [1.165, 1.54) is 5.69 Å². The summed E-state index contributed by atoms with van der Waals surface area (Å²) in [6.07, 6.45) is 0.110. The number of ether oxygens (including phenoxy) is 1. The third-order valence-corrected chi connectivity index (χ3v) is 6.16. The number of carbonyl (C=O) groups is 1. The van der Waals surface area contributed by atoms with Crippen LogP contribution in [-0.2, 0) is 6.54 Å². The zero-order valence-corrected chi connectivity index (χ0v) is 18.5. The number of thiophene rings is 1. The van der Waals surface area contributed by atoms with E-state index in [9.17, 15) is 9.90 Å². The summed E-state index contributed by atoms with van der Waals surface area (Å²) in [5.41, 5.74) is 1.87. The lowest BCUT2D eigenvalue weighted by molar-refractivity contribution is 0.104. The molecule has 6 heteroatoms. The van der Waals surface area contributed by atoms with Gasteiger partial charge in [-0.3, -0.25) is 9.69 Å². The van der Waals surface area contributed by atoms with Crippen LogP contribution < -0.4 is 4.74 Å². The molecule has 0 radical (unpaired) electrons. The summed E-state index contributed by atoms with van der Waals surface area (Å²) in [6.45, 7) is 11.7. The first-order valence-corrected chi connectivity index (χ1v) is 11.0. The summed E-state index contributed by atoms with van der Waals surface area (Å²) in [4.78, 5) is 17.1. The molecule has 0 aliphatic carbocycles. The van der Waals surface area contributed by atoms with Crippen molar-refractivity contribution in [3.8, 4) is 5.75 Å². The van der Waals surface area contributed by atoms with Crippen molar-refractivity contribution >= 4 is 27.3 Å². The predicted octanol–water partition coefficient (Wildman–Crippen LogP) is 4.34. The Bertz CT molecular complexity index is 957. The minimum absolute atomic E-state index is 0.0435. The Hall–Kier alpha value is -2.15. The summed E-state index contributed by atoms with van der Waals surface area (Å²) in [5.74, 6) is 0.820. The molecule has 29 heavy (non-hydrogen) atoms. The predicted molar refractivity (Wildman–Crippen MR) is 119 cm³/mol. The van der Waals surface area contributed by atoms with Crippen molar-refractivity contribution in [2.24, 2.45) is 0 Å². The average Bonchev–Trinajstić information content (AvgIpc) is 3.22. The number of fused-ring (bicyclic) bond motifs is 1. The van der Waals surface area contributed by atoms with Gasteiger partial charge in [0.2, 0.25) is 5.78 Å². The molecule has 0 saturated heterocycles. The minimum atomic E-state index is 0.0435. The lowest BCUT2D eigenvalue weighted by Gasteiger charge is -2.20. The zero-order valence-electron chi connectivity index (χ0n) is 17.6. The number of hydrogen-bond donors (Lipinski definition) is 1. The van der Waals surface area contributed by atoms with E-state index in [4.69, 9.17) is 4.74 Å². The summed E-state index contributed by atoms with van der Waals surface area (Å²) in [7, 11) is 0. The van der Waals surface area contributed by atoms with Crippen molar-refractivity contribution in [1.29, 1.82) is 0 Å². The van der Waals surface area contributed by atoms with Gasteiger partial charge in [-0.15, -0.1) is 11.3 Å². The van der Waals surface area contributed by atoms with Gasteiger partial charge < -0.3 is 14.4 Å². The van der Waals surface area contributed by atoms with Crippen LogP contribution in [0.3, 0.4) is 0 Å². The fourth-order valence-electron chi connectivity index (χ4n) is 3.47. The van der Waals surface area contributed by atoms with Crippen molar-refractivity contribution in [3.63, 3.8) is 0 Å². The van der Waals surface area contributed by atoms with Gasteiger partial charge in [0.15, 0.2) is 0 Å². The lowest BCUT2D eigenvalue weighted by atomic mass is 10.1. The quantitative estimate of drug-likeness (QED) is 0.501. The van der Waals surface area contributed by atoms with Crippen LogP contribution in [0, 0.1) is 6.92 Å². The van der Waals surface area contributed by atoms with Crippen LogP contribution in [-0.4, -0.2) is 52.7 Å². The molecule has 0 aliphatic heterocycles. The van der Waals surface area contributed by atoms with E-state index >= 15 is 0 Å². The molecule has 0 aliphatic rings. The topological polar surface area (TPSA) is 54.7 Å². The van der Waals surface area contributed by atoms with Crippen LogP contribution in [0.15, 0.2) is 36.4 Å². The second-order valence-electron chi connectivity index (χ2n) is 7.49. The van der Waals surface area contributed by atoms with Crippen molar-refractivity contribution in [2.75, 3.05) is 26.2 Å². The van der Waals surface area contributed by atoms with Crippen molar-refractivity contribution in [3.05, 3.63) is 52.5 Å². The maximum absolute atomic E-state index is 13.0. The van der Waals surface area contributed by atoms with E-state index in [2.05, 4.69) is 29.4 Å². The van der Waals surface area contributed by atoms with Crippen molar-refractivity contribution < 1.29 is 14.6 Å². The number of benzene rings is 1. The summed E-state index contributed by atoms with van der Waals surface area (Å²) < 4.78 is 7.93. The number of aliphatic hydroxyl groups is 1. The van der Waals surface area contributed by atoms with E-state index in [1.807, 2.05) is 44.2 Å². The second-order valence-corrected chi connectivity index (χ2v) is 8.52. The Morgan fingerprint density at radius 1 is 1.21 bits per heavy atom. The first-order chi connectivity index (χ1) is 13.9. The van der Waals surface area contributed by atoms with Gasteiger partial charge in [0, 0.05) is 36.3 Å². The highest BCUT2D eigenvalue weighted by molar-refractivity contribution is 7.20. The maximum Gasteiger partial charge on any atom is 0.203 e. The fourth-order valence-corrected chi connectivity index (χ4v) is 4.66. The van der Waals surface area contributed by atoms with Gasteiger partial charge in [-0.25, -0.2) is 0 Å². The van der Waals surface area contributed by atoms with Gasteiger partial charge in [0.05, 0.1) is 17.6 Å². The average molecular weight is 415 g/mol. The number of aliphatic hydroxyl groups excluding tert-OH is 1. The normalized spacial score (nSPS) is 11.7. The van der Waals surface area contributed by atoms with Crippen LogP contribution in [0.25, 0.3) is 10.2 Å². The highest BCUT2D eigenvalue weighted by atomic mass is 32.1. The van der Waals surface area contributed by atoms with Crippen LogP contribution in [0.4, 0.5) is 0 Å². The monoisotopic (exact) mass is 414 g/mol. The largest absolute Gasteiger partial charge is 0.491 e. The first-order valence-electron chi connectivity index (χ1n) is 10.2. The van der Waals surface area contributed by atoms with Gasteiger partial charge in [-0.1, -0.05) is 6.92 Å². The third kappa shape index (κ3) is 5.07. The second kappa shape index (κ2) is 9.57. The standard InChI is InChI=1S/C23H30N2O3S/c1-5-24(12-13-26)10-11-25-17(4)14-19-15-21(29-23(19)25)22(27)18-6-8-20(9-7-18)28-16(2)3/h6-9,14-16,26H,5,10-13H2,1-4H3. The van der Waals surface area contributed by atoms with Crippen molar-refractivity contribution in [2.45, 2.75) is 40.3 Å². The van der Waals surface area contributed by atoms with Gasteiger partial charge >= 0.3 is 0 Å². The number of aromatic nitrogens is 1. The molecule has 2 aromatic heterocycles. The Balaban J connectivity index is 1.79. The Labute approximate surface area is 176 Å². The smallest absolute Gasteiger partial charge is 0.203 e. The number of rotatable bonds is 10. The van der Waals surface area contributed by atoms with Gasteiger partial charge in [-0.2, -0.15) is 0 Å². The highest BCUT2D eigenvalue weighted by Gasteiger charge is 2.17. The van der Waals surface area contributed by atoms with Crippen LogP contribution in [0.2, 0.25) is 0 Å². The molecule has 0 saturated carbocycles. The van der Waals surface area contributed by atoms with E-state index in [1.54, 1.807) is 11.3 Å². The molecular formula is C23H30N2O3S. The van der Waals surface area contributed by atoms with Gasteiger partial charge in [0.25, 0.3) is 0 Å². The molecule has 3 rings (SSSR count). The van der Waals surface area contributed by atoms with Crippen LogP contribution in [0.5, 0.6) is 5.75 Å². The fraction of sp³-hybridized carbons (Fsp3) is 0.435. The molecule has 0 bridgehead atoms. The van der Waals surface area contributed by atoms with Gasteiger partial charge in [0.1, 0.15) is 10.6 Å². The number of nitrogens with zero attached hydrogens (tertiary/aromatic N) is 2. The molecule has 5 nitrogen and oxygen atoms in total. The molecule has 0 amide bonds. The van der Waals surface area contributed by atoms with Crippen molar-refractivity contribution in [1.82, 2.24) is 9.47 Å². The number of carbonyl (C=O) groups excluding carboxylic acids is 1. The molecule has 3 aromatic rings. The Morgan fingerprint density at radius 3 is 2.55 bits per heavy atom. The summed E-state index contributed by atoms with van der Waals surface area (Å²) in [6, 6.07) is 11.5. The number of aryl methyl sites for hydroxylation is 1. The SMILES string of the molecule is CCN(CCO)CCn1c(C)cc2cc(C(=O)c3ccc(OC(C)C)cc3)sc21. The molecule has 156 valence electrons. The molecule has 1 N–H and O–H groups in total. The molecule has 0 spiro atoms. The number of hydrogen-bond acceptors (Lipinski definition) is 5. The highest BCUT2D eigenvalue weighted by Crippen LogP contribution is 2.31. The summed E-state index contributed by atoms with van der Waals surface area (Å²) >= 11 is 1.55. The molecule has 0 atom stereocenters. The van der Waals surface area contributed by atoms with Crippen LogP contribution >= 0.6 is 11.3 Å². The van der Waals surface area contributed by atoms with Crippen LogP contribution in [0.1, 0.15) is 41.7 Å². The molecule has 1 aromatic carbocycles. The Kier molecular flexibility index (Phi) is 7.11. The maximum atomic E-state index is 13.0. The molecule has 2 heterocycles. The van der Waals surface area contributed by atoms with E-state index in [0.717, 1.165) is 40.5 Å². The third-order valence-electron chi connectivity index (χ3n) is 4.99. The van der Waals surface area contributed by atoms with E-state index in [-0.39, 0.29) is 18.5 Å². The number of likely N-dealkylation sites (N-methyl/N-ethyl adjacent to an activating group) is 1. The van der Waals surface area contributed by atoms with E-state index in [0.29, 0.717) is 12.1 Å². The Morgan fingerprint density at radius 2 is 1.93 bits per heavy atom. The molecule has 0 unspecified atom stereocenters. The van der Waals surface area contributed by atoms with Gasteiger partial charge in [-0.05, 0) is 63.7 Å². The summed E-state index contributed by atoms with van der Waals surface area (Å²) in [5, 5.41) is 10.3. The first kappa shape index (κ1) is 21.6.